The first-order valence-electron chi connectivity index (χ1n) is 9.18. The number of hydrogen-bond acceptors (Lipinski definition) is 5. The number of rotatable bonds is 4. The fourth-order valence-corrected chi connectivity index (χ4v) is 3.74. The van der Waals surface area contributed by atoms with Crippen LogP contribution in [0.3, 0.4) is 0 Å². The average Bonchev–Trinajstić information content (AvgIpc) is 2.82. The number of imide groups is 1. The Morgan fingerprint density at radius 3 is 2.52 bits per heavy atom. The molecule has 1 aromatic rings. The number of hydrogen-bond donors (Lipinski definition) is 1. The Hall–Kier alpha value is -2.71. The molecule has 0 atom stereocenters. The third-order valence-corrected chi connectivity index (χ3v) is 5.18. The van der Waals surface area contributed by atoms with Crippen molar-refractivity contribution in [1.82, 2.24) is 24.9 Å². The molecule has 1 spiro atoms. The second-order valence-corrected chi connectivity index (χ2v) is 7.65. The maximum absolute atomic E-state index is 12.6. The second-order valence-electron chi connectivity index (χ2n) is 7.65. The van der Waals surface area contributed by atoms with Gasteiger partial charge in [0.2, 0.25) is 5.91 Å². The minimum absolute atomic E-state index is 0.131. The lowest BCUT2D eigenvalue weighted by molar-refractivity contribution is -0.138. The summed E-state index contributed by atoms with van der Waals surface area (Å²) in [7, 11) is 0. The third kappa shape index (κ3) is 3.58. The largest absolute Gasteiger partial charge is 0.341 e. The molecule has 9 nitrogen and oxygen atoms in total. The summed E-state index contributed by atoms with van der Waals surface area (Å²) in [5.74, 6) is -0.264. The number of likely N-dealkylation sites (tertiary alicyclic amines) is 1. The summed E-state index contributed by atoms with van der Waals surface area (Å²) in [6.07, 6.45) is 0.776. The number of nitrogens with zero attached hydrogens (tertiary/aromatic N) is 4. The smallest absolute Gasteiger partial charge is 0.325 e. The fourth-order valence-electron chi connectivity index (χ4n) is 3.74. The summed E-state index contributed by atoms with van der Waals surface area (Å²) in [5.41, 5.74) is -0.548. The van der Waals surface area contributed by atoms with Gasteiger partial charge in [0.1, 0.15) is 12.1 Å². The highest BCUT2D eigenvalue weighted by Gasteiger charge is 2.54. The number of piperidine rings is 1. The van der Waals surface area contributed by atoms with E-state index in [1.807, 2.05) is 13.8 Å². The van der Waals surface area contributed by atoms with Crippen molar-refractivity contribution >= 4 is 17.8 Å². The Labute approximate surface area is 157 Å². The first-order chi connectivity index (χ1) is 12.7. The lowest BCUT2D eigenvalue weighted by atomic mass is 9.85. The number of amides is 4. The monoisotopic (exact) mass is 375 g/mol. The first-order valence-corrected chi connectivity index (χ1v) is 9.18. The molecule has 146 valence electrons. The first kappa shape index (κ1) is 19.1. The standard InChI is InChI=1S/C18H25N5O4/c1-12(2)10-22-17(27)19-16(26)18(22)6-8-21(9-7-18)15(25)11-23-14(24)5-4-13(3)20-23/h4-5,12H,6-11H2,1-3H3,(H,19,26,27). The van der Waals surface area contributed by atoms with E-state index in [1.165, 1.54) is 6.07 Å². The van der Waals surface area contributed by atoms with Crippen LogP contribution >= 0.6 is 0 Å². The van der Waals surface area contributed by atoms with Gasteiger partial charge in [0.05, 0.1) is 5.69 Å². The number of nitrogens with one attached hydrogen (secondary N) is 1. The Morgan fingerprint density at radius 2 is 1.89 bits per heavy atom. The van der Waals surface area contributed by atoms with Gasteiger partial charge in [0.25, 0.3) is 11.5 Å². The predicted molar refractivity (Wildman–Crippen MR) is 96.9 cm³/mol. The summed E-state index contributed by atoms with van der Waals surface area (Å²) >= 11 is 0. The minimum Gasteiger partial charge on any atom is -0.341 e. The van der Waals surface area contributed by atoms with Crippen LogP contribution < -0.4 is 10.9 Å². The molecular weight excluding hydrogens is 350 g/mol. The molecule has 0 unspecified atom stereocenters. The van der Waals surface area contributed by atoms with Gasteiger partial charge in [-0.1, -0.05) is 13.8 Å². The van der Waals surface area contributed by atoms with Crippen LogP contribution in [0.1, 0.15) is 32.4 Å². The van der Waals surface area contributed by atoms with Gasteiger partial charge in [-0.2, -0.15) is 5.10 Å². The molecule has 0 aromatic carbocycles. The van der Waals surface area contributed by atoms with Crippen LogP contribution in [0.2, 0.25) is 0 Å². The highest BCUT2D eigenvalue weighted by atomic mass is 16.2. The van der Waals surface area contributed by atoms with Crippen LogP contribution in [0.15, 0.2) is 16.9 Å². The summed E-state index contributed by atoms with van der Waals surface area (Å²) in [4.78, 5) is 52.3. The van der Waals surface area contributed by atoms with Crippen molar-refractivity contribution in [1.29, 1.82) is 0 Å². The third-order valence-electron chi connectivity index (χ3n) is 5.18. The van der Waals surface area contributed by atoms with E-state index in [4.69, 9.17) is 0 Å². The lowest BCUT2D eigenvalue weighted by Gasteiger charge is -2.42. The Morgan fingerprint density at radius 1 is 1.22 bits per heavy atom. The van der Waals surface area contributed by atoms with Crippen LogP contribution in [0, 0.1) is 12.8 Å². The molecule has 4 amide bonds. The molecule has 0 bridgehead atoms. The zero-order chi connectivity index (χ0) is 19.8. The molecular formula is C18H25N5O4. The van der Waals surface area contributed by atoms with Gasteiger partial charge in [-0.15, -0.1) is 0 Å². The molecule has 27 heavy (non-hydrogen) atoms. The highest BCUT2D eigenvalue weighted by molar-refractivity contribution is 6.07. The van der Waals surface area contributed by atoms with E-state index in [-0.39, 0.29) is 35.9 Å². The van der Waals surface area contributed by atoms with Crippen molar-refractivity contribution in [3.05, 3.63) is 28.2 Å². The van der Waals surface area contributed by atoms with Crippen molar-refractivity contribution in [2.75, 3.05) is 19.6 Å². The Balaban J connectivity index is 1.69. The Kier molecular flexibility index (Phi) is 5.03. The molecule has 2 saturated heterocycles. The van der Waals surface area contributed by atoms with Crippen LogP contribution in [0.5, 0.6) is 0 Å². The van der Waals surface area contributed by atoms with Crippen LogP contribution in [-0.4, -0.2) is 62.6 Å². The van der Waals surface area contributed by atoms with E-state index >= 15 is 0 Å². The number of carbonyl (C=O) groups excluding carboxylic acids is 3. The molecule has 0 saturated carbocycles. The fraction of sp³-hybridized carbons (Fsp3) is 0.611. The van der Waals surface area contributed by atoms with Crippen molar-refractivity contribution in [2.45, 2.75) is 45.7 Å². The van der Waals surface area contributed by atoms with Crippen LogP contribution in [-0.2, 0) is 16.1 Å². The van der Waals surface area contributed by atoms with Gasteiger partial charge in [0, 0.05) is 25.7 Å². The number of urea groups is 1. The van der Waals surface area contributed by atoms with Crippen molar-refractivity contribution in [3.63, 3.8) is 0 Å². The molecule has 2 fully saturated rings. The van der Waals surface area contributed by atoms with Crippen molar-refractivity contribution in [2.24, 2.45) is 5.92 Å². The van der Waals surface area contributed by atoms with E-state index in [9.17, 15) is 19.2 Å². The zero-order valence-electron chi connectivity index (χ0n) is 15.9. The number of aromatic nitrogens is 2. The average molecular weight is 375 g/mol. The quantitative estimate of drug-likeness (QED) is 0.753. The molecule has 0 radical (unpaired) electrons. The van der Waals surface area contributed by atoms with Crippen LogP contribution in [0.25, 0.3) is 0 Å². The molecule has 9 heteroatoms. The van der Waals surface area contributed by atoms with Gasteiger partial charge in [-0.3, -0.25) is 19.7 Å². The number of carbonyl (C=O) groups is 3. The minimum atomic E-state index is -0.878. The predicted octanol–water partition coefficient (Wildman–Crippen LogP) is 0.121. The maximum atomic E-state index is 12.6. The van der Waals surface area contributed by atoms with Crippen LogP contribution in [0.4, 0.5) is 4.79 Å². The summed E-state index contributed by atoms with van der Waals surface area (Å²) in [6.45, 7) is 6.82. The molecule has 3 heterocycles. The molecule has 1 aromatic heterocycles. The molecule has 2 aliphatic rings. The van der Waals surface area contributed by atoms with E-state index in [0.717, 1.165) is 4.68 Å². The van der Waals surface area contributed by atoms with E-state index < -0.39 is 5.54 Å². The van der Waals surface area contributed by atoms with Crippen molar-refractivity contribution < 1.29 is 14.4 Å². The zero-order valence-corrected chi connectivity index (χ0v) is 15.9. The Bertz CT molecular complexity index is 823. The van der Waals surface area contributed by atoms with Gasteiger partial charge in [-0.25, -0.2) is 9.48 Å². The SMILES string of the molecule is Cc1ccc(=O)n(CC(=O)N2CCC3(CC2)C(=O)NC(=O)N3CC(C)C)n1. The second kappa shape index (κ2) is 7.13. The van der Waals surface area contributed by atoms with Gasteiger partial charge >= 0.3 is 6.03 Å². The number of aryl methyl sites for hydroxylation is 1. The molecule has 1 N–H and O–H groups in total. The summed E-state index contributed by atoms with van der Waals surface area (Å²) in [6, 6.07) is 2.63. The highest BCUT2D eigenvalue weighted by Crippen LogP contribution is 2.33. The lowest BCUT2D eigenvalue weighted by Crippen LogP contribution is -2.58. The summed E-state index contributed by atoms with van der Waals surface area (Å²) < 4.78 is 1.15. The summed E-state index contributed by atoms with van der Waals surface area (Å²) in [5, 5.41) is 6.50. The van der Waals surface area contributed by atoms with Crippen molar-refractivity contribution in [3.8, 4) is 0 Å². The maximum Gasteiger partial charge on any atom is 0.325 e. The normalized spacial score (nSPS) is 19.1. The van der Waals surface area contributed by atoms with Gasteiger partial charge < -0.3 is 9.80 Å². The van der Waals surface area contributed by atoms with Gasteiger partial charge in [-0.05, 0) is 31.7 Å². The topological polar surface area (TPSA) is 105 Å². The molecule has 2 aliphatic heterocycles. The van der Waals surface area contributed by atoms with E-state index in [2.05, 4.69) is 10.4 Å². The molecule has 3 rings (SSSR count). The molecule has 0 aliphatic carbocycles. The van der Waals surface area contributed by atoms with Gasteiger partial charge in [0.15, 0.2) is 0 Å². The van der Waals surface area contributed by atoms with E-state index in [0.29, 0.717) is 38.2 Å². The van der Waals surface area contributed by atoms with E-state index in [1.54, 1.807) is 22.8 Å².